The predicted octanol–water partition coefficient (Wildman–Crippen LogP) is 3.36. The highest BCUT2D eigenvalue weighted by atomic mass is 79.9. The van der Waals surface area contributed by atoms with E-state index in [0.29, 0.717) is 4.47 Å². The van der Waals surface area contributed by atoms with Gasteiger partial charge in [0.2, 0.25) is 0 Å². The van der Waals surface area contributed by atoms with E-state index < -0.39 is 0 Å². The van der Waals surface area contributed by atoms with Crippen LogP contribution in [0, 0.1) is 5.82 Å². The lowest BCUT2D eigenvalue weighted by atomic mass is 10.1. The summed E-state index contributed by atoms with van der Waals surface area (Å²) in [4.78, 5) is 11.9. The molecule has 1 aromatic heterocycles. The molecular weight excluding hydrogens is 285 g/mol. The Balaban J connectivity index is 2.44. The van der Waals surface area contributed by atoms with Gasteiger partial charge >= 0.3 is 0 Å². The van der Waals surface area contributed by atoms with Crippen molar-refractivity contribution in [3.05, 3.63) is 68.8 Å². The second kappa shape index (κ2) is 4.84. The van der Waals surface area contributed by atoms with Crippen LogP contribution in [-0.2, 0) is 0 Å². The van der Waals surface area contributed by atoms with E-state index in [-0.39, 0.29) is 17.4 Å². The van der Waals surface area contributed by atoms with Crippen LogP contribution < -0.4 is 5.56 Å². The largest absolute Gasteiger partial charge is 0.307 e. The number of pyridine rings is 1. The first-order valence-electron chi connectivity index (χ1n) is 5.21. The van der Waals surface area contributed by atoms with Gasteiger partial charge in [0.25, 0.3) is 5.56 Å². The van der Waals surface area contributed by atoms with Crippen molar-refractivity contribution in [2.45, 2.75) is 13.0 Å². The molecule has 0 radical (unpaired) electrons. The minimum atomic E-state index is -0.275. The zero-order valence-corrected chi connectivity index (χ0v) is 10.8. The van der Waals surface area contributed by atoms with Gasteiger partial charge in [0.1, 0.15) is 5.82 Å². The van der Waals surface area contributed by atoms with E-state index in [1.807, 2.05) is 6.92 Å². The monoisotopic (exact) mass is 295 g/mol. The summed E-state index contributed by atoms with van der Waals surface area (Å²) in [5.41, 5.74) is 0.802. The number of benzene rings is 1. The molecule has 0 fully saturated rings. The zero-order valence-electron chi connectivity index (χ0n) is 9.23. The molecule has 4 heteroatoms. The van der Waals surface area contributed by atoms with E-state index in [1.165, 1.54) is 12.1 Å². The first kappa shape index (κ1) is 12.0. The van der Waals surface area contributed by atoms with E-state index in [2.05, 4.69) is 15.9 Å². The van der Waals surface area contributed by atoms with Gasteiger partial charge in [0, 0.05) is 6.20 Å². The summed E-state index contributed by atoms with van der Waals surface area (Å²) in [6, 6.07) is 9.55. The highest BCUT2D eigenvalue weighted by molar-refractivity contribution is 9.10. The average molecular weight is 296 g/mol. The lowest BCUT2D eigenvalue weighted by molar-refractivity contribution is 0.602. The number of hydrogen-bond donors (Lipinski definition) is 0. The van der Waals surface area contributed by atoms with Gasteiger partial charge in [0.15, 0.2) is 0 Å². The molecule has 88 valence electrons. The molecule has 0 aliphatic carbocycles. The highest BCUT2D eigenvalue weighted by Gasteiger charge is 2.10. The van der Waals surface area contributed by atoms with Crippen molar-refractivity contribution >= 4 is 15.9 Å². The van der Waals surface area contributed by atoms with Crippen molar-refractivity contribution in [2.75, 3.05) is 0 Å². The summed E-state index contributed by atoms with van der Waals surface area (Å²) in [7, 11) is 0. The van der Waals surface area contributed by atoms with Crippen LogP contribution in [0.15, 0.2) is 51.9 Å². The topological polar surface area (TPSA) is 22.0 Å². The summed E-state index contributed by atoms with van der Waals surface area (Å²) in [6.07, 6.45) is 1.72. The van der Waals surface area contributed by atoms with E-state index in [4.69, 9.17) is 0 Å². The third kappa shape index (κ3) is 2.47. The van der Waals surface area contributed by atoms with Crippen LogP contribution in [0.1, 0.15) is 18.5 Å². The van der Waals surface area contributed by atoms with E-state index in [1.54, 1.807) is 35.0 Å². The average Bonchev–Trinajstić information content (AvgIpc) is 2.33. The van der Waals surface area contributed by atoms with E-state index in [9.17, 15) is 9.18 Å². The summed E-state index contributed by atoms with van der Waals surface area (Å²) < 4.78 is 15.0. The lowest BCUT2D eigenvalue weighted by Gasteiger charge is -2.15. The molecule has 0 bridgehead atoms. The van der Waals surface area contributed by atoms with Gasteiger partial charge in [-0.1, -0.05) is 12.1 Å². The van der Waals surface area contributed by atoms with Gasteiger partial charge < -0.3 is 4.57 Å². The number of hydrogen-bond acceptors (Lipinski definition) is 1. The van der Waals surface area contributed by atoms with Crippen LogP contribution in [0.2, 0.25) is 0 Å². The second-order valence-electron chi connectivity index (χ2n) is 3.80. The fourth-order valence-corrected chi connectivity index (χ4v) is 2.05. The van der Waals surface area contributed by atoms with Crippen LogP contribution in [0.4, 0.5) is 4.39 Å². The number of nitrogens with zero attached hydrogens (tertiary/aromatic N) is 1. The molecule has 0 N–H and O–H groups in total. The molecule has 0 aliphatic rings. The molecule has 0 spiro atoms. The third-order valence-electron chi connectivity index (χ3n) is 2.70. The minimum Gasteiger partial charge on any atom is -0.307 e. The van der Waals surface area contributed by atoms with Gasteiger partial charge in [0.05, 0.1) is 10.5 Å². The van der Waals surface area contributed by atoms with Gasteiger partial charge in [-0.2, -0.15) is 0 Å². The van der Waals surface area contributed by atoms with Crippen molar-refractivity contribution < 1.29 is 4.39 Å². The molecule has 17 heavy (non-hydrogen) atoms. The van der Waals surface area contributed by atoms with Gasteiger partial charge in [-0.3, -0.25) is 4.79 Å². The number of halogens is 2. The predicted molar refractivity (Wildman–Crippen MR) is 68.6 cm³/mol. The first-order valence-corrected chi connectivity index (χ1v) is 6.01. The Hall–Kier alpha value is -1.42. The summed E-state index contributed by atoms with van der Waals surface area (Å²) in [6.45, 7) is 1.90. The SMILES string of the molecule is CC(c1ccc(F)cc1)n1cccc(Br)c1=O. The molecule has 2 rings (SSSR count). The summed E-state index contributed by atoms with van der Waals surface area (Å²) in [5.74, 6) is -0.275. The van der Waals surface area contributed by atoms with Crippen LogP contribution in [0.5, 0.6) is 0 Å². The van der Waals surface area contributed by atoms with Crippen LogP contribution in [-0.4, -0.2) is 4.57 Å². The molecule has 1 heterocycles. The Morgan fingerprint density at radius 2 is 1.88 bits per heavy atom. The lowest BCUT2D eigenvalue weighted by Crippen LogP contribution is -2.23. The smallest absolute Gasteiger partial charge is 0.265 e. The normalized spacial score (nSPS) is 12.4. The molecule has 0 aliphatic heterocycles. The van der Waals surface area contributed by atoms with E-state index in [0.717, 1.165) is 5.56 Å². The molecular formula is C13H11BrFNO. The Morgan fingerprint density at radius 1 is 1.24 bits per heavy atom. The van der Waals surface area contributed by atoms with Crippen LogP contribution >= 0.6 is 15.9 Å². The fourth-order valence-electron chi connectivity index (χ4n) is 1.69. The second-order valence-corrected chi connectivity index (χ2v) is 4.65. The Bertz CT molecular complexity index is 577. The molecule has 2 nitrogen and oxygen atoms in total. The third-order valence-corrected chi connectivity index (χ3v) is 3.30. The quantitative estimate of drug-likeness (QED) is 0.833. The Labute approximate surface area is 107 Å². The van der Waals surface area contributed by atoms with Crippen molar-refractivity contribution in [1.82, 2.24) is 4.57 Å². The number of rotatable bonds is 2. The maximum absolute atomic E-state index is 12.8. The standard InChI is InChI=1S/C13H11BrFNO/c1-9(10-4-6-11(15)7-5-10)16-8-2-3-12(14)13(16)17/h2-9H,1H3. The number of aromatic nitrogens is 1. The Morgan fingerprint density at radius 3 is 2.53 bits per heavy atom. The molecule has 1 unspecified atom stereocenters. The molecule has 1 atom stereocenters. The van der Waals surface area contributed by atoms with Gasteiger partial charge in [-0.25, -0.2) is 4.39 Å². The van der Waals surface area contributed by atoms with Gasteiger partial charge in [-0.15, -0.1) is 0 Å². The van der Waals surface area contributed by atoms with E-state index >= 15 is 0 Å². The summed E-state index contributed by atoms with van der Waals surface area (Å²) in [5, 5.41) is 0. The van der Waals surface area contributed by atoms with Crippen molar-refractivity contribution in [3.8, 4) is 0 Å². The highest BCUT2D eigenvalue weighted by Crippen LogP contribution is 2.17. The molecule has 0 saturated heterocycles. The van der Waals surface area contributed by atoms with Crippen LogP contribution in [0.3, 0.4) is 0 Å². The minimum absolute atomic E-state index is 0.0932. The molecule has 2 aromatic rings. The van der Waals surface area contributed by atoms with Crippen molar-refractivity contribution in [2.24, 2.45) is 0 Å². The first-order chi connectivity index (χ1) is 8.09. The zero-order chi connectivity index (χ0) is 12.4. The maximum atomic E-state index is 12.8. The Kier molecular flexibility index (Phi) is 3.43. The van der Waals surface area contributed by atoms with Gasteiger partial charge in [-0.05, 0) is 52.7 Å². The van der Waals surface area contributed by atoms with Crippen LogP contribution in [0.25, 0.3) is 0 Å². The molecule has 0 amide bonds. The fraction of sp³-hybridized carbons (Fsp3) is 0.154. The molecule has 0 saturated carbocycles. The maximum Gasteiger partial charge on any atom is 0.265 e. The molecule has 1 aromatic carbocycles. The van der Waals surface area contributed by atoms with Crippen molar-refractivity contribution in [1.29, 1.82) is 0 Å². The summed E-state index contributed by atoms with van der Waals surface area (Å²) >= 11 is 3.21. The van der Waals surface area contributed by atoms with Crippen molar-refractivity contribution in [3.63, 3.8) is 0 Å².